The van der Waals surface area contributed by atoms with Crippen LogP contribution in [0.2, 0.25) is 0 Å². The molecule has 0 aliphatic carbocycles. The zero-order valence-corrected chi connectivity index (χ0v) is 37.8. The Hall–Kier alpha value is 0.690. The molecule has 0 bridgehead atoms. The molecule has 0 heterocycles. The van der Waals surface area contributed by atoms with Crippen molar-refractivity contribution < 1.29 is 5.11 Å². The van der Waals surface area contributed by atoms with Crippen LogP contribution >= 0.6 is 22.6 Å². The van der Waals surface area contributed by atoms with E-state index in [0.29, 0.717) is 12.5 Å². The molecule has 2 unspecified atom stereocenters. The molecule has 0 aromatic carbocycles. The maximum absolute atomic E-state index is 9.57. The maximum Gasteiger partial charge on any atom is 0.0459 e. The molecule has 0 rings (SSSR count). The summed E-state index contributed by atoms with van der Waals surface area (Å²) in [5.41, 5.74) is 0. The van der Waals surface area contributed by atoms with Crippen LogP contribution in [0, 0.1) is 11.8 Å². The van der Waals surface area contributed by atoms with Crippen LogP contribution in [0.3, 0.4) is 0 Å². The smallest absolute Gasteiger partial charge is 0.0459 e. The summed E-state index contributed by atoms with van der Waals surface area (Å²) in [5.74, 6) is 1.59. The zero-order valence-electron chi connectivity index (χ0n) is 35.7. The molecule has 2 heteroatoms. The van der Waals surface area contributed by atoms with Crippen LogP contribution in [0.4, 0.5) is 0 Å². The molecule has 0 fully saturated rings. The summed E-state index contributed by atoms with van der Waals surface area (Å²) in [4.78, 5) is 0. The van der Waals surface area contributed by atoms with E-state index in [4.69, 9.17) is 0 Å². The lowest BCUT2D eigenvalue weighted by atomic mass is 9.94. The number of hydrogen-bond acceptors (Lipinski definition) is 1. The van der Waals surface area contributed by atoms with E-state index in [-0.39, 0.29) is 0 Å². The SMILES string of the molecule is CCCCCCCCCCCCC(CI)CCCCCCCCCC.CCCCCCCCCCCCC(CO)CCCCCCCCCC. The van der Waals surface area contributed by atoms with Gasteiger partial charge in [0.25, 0.3) is 0 Å². The minimum absolute atomic E-state index is 0.411. The Bertz CT molecular complexity index is 502. The summed E-state index contributed by atoms with van der Waals surface area (Å²) in [6.45, 7) is 9.59. The van der Waals surface area contributed by atoms with E-state index in [2.05, 4.69) is 50.3 Å². The summed E-state index contributed by atoms with van der Waals surface area (Å²) in [7, 11) is 0. The average Bonchev–Trinajstić information content (AvgIpc) is 3.13. The van der Waals surface area contributed by atoms with Crippen LogP contribution in [0.25, 0.3) is 0 Å². The fraction of sp³-hybridized carbons (Fsp3) is 1.00. The average molecular weight is 819 g/mol. The molecular formula is C48H99IO. The quantitative estimate of drug-likeness (QED) is 0.0370. The summed E-state index contributed by atoms with van der Waals surface area (Å²) in [6.07, 6.45) is 57.0. The first-order chi connectivity index (χ1) is 24.7. The molecule has 2 atom stereocenters. The number of rotatable bonds is 42. The normalized spacial score (nSPS) is 12.6. The van der Waals surface area contributed by atoms with Gasteiger partial charge in [-0.1, -0.05) is 281 Å². The second kappa shape index (κ2) is 49.7. The van der Waals surface area contributed by atoms with Crippen molar-refractivity contribution in [1.29, 1.82) is 0 Å². The largest absolute Gasteiger partial charge is 0.396 e. The standard InChI is InChI=1S/C24H49I.C24H50O/c2*1-3-5-7-9-11-13-14-16-18-20-22-24(23-25)21-19-17-15-12-10-8-6-4-2/h24H,3-23H2,1-2H3;24-25H,3-23H2,1-2H3. The fourth-order valence-electron chi connectivity index (χ4n) is 7.60. The van der Waals surface area contributed by atoms with E-state index < -0.39 is 0 Å². The zero-order chi connectivity index (χ0) is 36.9. The predicted molar refractivity (Wildman–Crippen MR) is 240 cm³/mol. The summed E-state index contributed by atoms with van der Waals surface area (Å²) >= 11 is 2.62. The Morgan fingerprint density at radius 2 is 0.460 bits per heavy atom. The first kappa shape index (κ1) is 52.8. The van der Waals surface area contributed by atoms with Gasteiger partial charge in [-0.05, 0) is 37.5 Å². The van der Waals surface area contributed by atoms with Crippen LogP contribution < -0.4 is 0 Å². The molecular weight excluding hydrogens is 719 g/mol. The van der Waals surface area contributed by atoms with Gasteiger partial charge < -0.3 is 5.11 Å². The number of alkyl halides is 1. The third-order valence-corrected chi connectivity index (χ3v) is 12.6. The van der Waals surface area contributed by atoms with Gasteiger partial charge in [0, 0.05) is 11.0 Å². The van der Waals surface area contributed by atoms with Crippen LogP contribution in [0.5, 0.6) is 0 Å². The Labute approximate surface area is 333 Å². The summed E-state index contributed by atoms with van der Waals surface area (Å²) in [6, 6.07) is 0. The van der Waals surface area contributed by atoms with Gasteiger partial charge in [0.1, 0.15) is 0 Å². The molecule has 304 valence electrons. The second-order valence-electron chi connectivity index (χ2n) is 16.5. The number of halogens is 1. The Kier molecular flexibility index (Phi) is 52.5. The first-order valence-corrected chi connectivity index (χ1v) is 25.4. The van der Waals surface area contributed by atoms with E-state index in [1.807, 2.05) is 0 Å². The highest BCUT2D eigenvalue weighted by atomic mass is 127. The van der Waals surface area contributed by atoms with Gasteiger partial charge in [0.15, 0.2) is 0 Å². The molecule has 0 spiro atoms. The number of aliphatic hydroxyl groups is 1. The van der Waals surface area contributed by atoms with E-state index in [9.17, 15) is 5.11 Å². The molecule has 0 saturated heterocycles. The summed E-state index contributed by atoms with van der Waals surface area (Å²) < 4.78 is 1.38. The highest BCUT2D eigenvalue weighted by Gasteiger charge is 2.08. The maximum atomic E-state index is 9.57. The van der Waals surface area contributed by atoms with Gasteiger partial charge in [-0.25, -0.2) is 0 Å². The van der Waals surface area contributed by atoms with Crippen molar-refractivity contribution in [3.8, 4) is 0 Å². The third-order valence-electron chi connectivity index (χ3n) is 11.3. The molecule has 0 aliphatic heterocycles. The lowest BCUT2D eigenvalue weighted by Gasteiger charge is -2.13. The fourth-order valence-corrected chi connectivity index (χ4v) is 8.48. The Morgan fingerprint density at radius 3 is 0.640 bits per heavy atom. The van der Waals surface area contributed by atoms with Gasteiger partial charge in [-0.15, -0.1) is 0 Å². The van der Waals surface area contributed by atoms with Gasteiger partial charge in [0.2, 0.25) is 0 Å². The number of aliphatic hydroxyl groups excluding tert-OH is 1. The topological polar surface area (TPSA) is 20.2 Å². The molecule has 0 amide bonds. The van der Waals surface area contributed by atoms with Crippen molar-refractivity contribution >= 4 is 22.6 Å². The molecule has 1 N–H and O–H groups in total. The van der Waals surface area contributed by atoms with Crippen LogP contribution in [-0.2, 0) is 0 Å². The minimum atomic E-state index is 0.411. The van der Waals surface area contributed by atoms with Crippen molar-refractivity contribution in [3.63, 3.8) is 0 Å². The van der Waals surface area contributed by atoms with Gasteiger partial charge in [0.05, 0.1) is 0 Å². The lowest BCUT2D eigenvalue weighted by Crippen LogP contribution is -2.06. The van der Waals surface area contributed by atoms with Gasteiger partial charge >= 0.3 is 0 Å². The van der Waals surface area contributed by atoms with Crippen molar-refractivity contribution in [2.75, 3.05) is 11.0 Å². The van der Waals surface area contributed by atoms with E-state index in [1.54, 1.807) is 0 Å². The molecule has 50 heavy (non-hydrogen) atoms. The van der Waals surface area contributed by atoms with Gasteiger partial charge in [-0.2, -0.15) is 0 Å². The van der Waals surface area contributed by atoms with E-state index >= 15 is 0 Å². The highest BCUT2D eigenvalue weighted by Crippen LogP contribution is 2.22. The molecule has 0 aliphatic rings. The monoisotopic (exact) mass is 819 g/mol. The van der Waals surface area contributed by atoms with Crippen molar-refractivity contribution in [3.05, 3.63) is 0 Å². The van der Waals surface area contributed by atoms with E-state index in [0.717, 1.165) is 5.92 Å². The number of unbranched alkanes of at least 4 members (excludes halogenated alkanes) is 32. The van der Waals surface area contributed by atoms with Crippen LogP contribution in [0.15, 0.2) is 0 Å². The van der Waals surface area contributed by atoms with Crippen LogP contribution in [0.1, 0.15) is 285 Å². The van der Waals surface area contributed by atoms with Crippen molar-refractivity contribution in [2.24, 2.45) is 11.8 Å². The van der Waals surface area contributed by atoms with Crippen LogP contribution in [-0.4, -0.2) is 16.1 Å². The third kappa shape index (κ3) is 46.7. The lowest BCUT2D eigenvalue weighted by molar-refractivity contribution is 0.204. The molecule has 0 radical (unpaired) electrons. The predicted octanol–water partition coefficient (Wildman–Crippen LogP) is 18.3. The summed E-state index contributed by atoms with van der Waals surface area (Å²) in [5, 5.41) is 9.57. The van der Waals surface area contributed by atoms with Gasteiger partial charge in [-0.3, -0.25) is 0 Å². The molecule has 0 saturated carbocycles. The van der Waals surface area contributed by atoms with Crippen molar-refractivity contribution in [2.45, 2.75) is 285 Å². The van der Waals surface area contributed by atoms with Crippen molar-refractivity contribution in [1.82, 2.24) is 0 Å². The second-order valence-corrected chi connectivity index (χ2v) is 17.4. The Balaban J connectivity index is 0. The van der Waals surface area contributed by atoms with E-state index in [1.165, 1.54) is 261 Å². The Morgan fingerprint density at radius 1 is 0.280 bits per heavy atom. The minimum Gasteiger partial charge on any atom is -0.396 e. The first-order valence-electron chi connectivity index (χ1n) is 23.9. The molecule has 0 aromatic rings. The number of hydrogen-bond donors (Lipinski definition) is 1. The molecule has 0 aromatic heterocycles. The highest BCUT2D eigenvalue weighted by molar-refractivity contribution is 14.1. The molecule has 1 nitrogen and oxygen atoms in total.